The van der Waals surface area contributed by atoms with Crippen molar-refractivity contribution in [1.29, 1.82) is 0 Å². The number of nitrogens with one attached hydrogen (secondary N) is 1. The average Bonchev–Trinajstić information content (AvgIpc) is 2.77. The summed E-state index contributed by atoms with van der Waals surface area (Å²) in [4.78, 5) is 0.167. The molecule has 3 N–H and O–H groups in total. The molecule has 2 unspecified atom stereocenters. The summed E-state index contributed by atoms with van der Waals surface area (Å²) >= 11 is 0. The van der Waals surface area contributed by atoms with E-state index in [1.807, 2.05) is 0 Å². The second-order valence-electron chi connectivity index (χ2n) is 4.91. The molecule has 1 fully saturated rings. The molecule has 1 aliphatic rings. The molecule has 1 saturated heterocycles. The highest BCUT2D eigenvalue weighted by atomic mass is 32.2. The molecule has 7 heteroatoms. The van der Waals surface area contributed by atoms with Gasteiger partial charge in [0.2, 0.25) is 10.0 Å². The number of β-amino-alcohol motifs (C(OH)–C–C–N with tert-alkyl or cyclic N) is 2. The van der Waals surface area contributed by atoms with Crippen molar-refractivity contribution >= 4 is 15.7 Å². The third-order valence-corrected chi connectivity index (χ3v) is 5.14. The zero-order valence-electron chi connectivity index (χ0n) is 11.4. The molecule has 1 heterocycles. The van der Waals surface area contributed by atoms with Gasteiger partial charge in [0.05, 0.1) is 17.1 Å². The van der Waals surface area contributed by atoms with Crippen LogP contribution in [0.15, 0.2) is 29.2 Å². The summed E-state index contributed by atoms with van der Waals surface area (Å²) in [5, 5.41) is 22.1. The van der Waals surface area contributed by atoms with Crippen LogP contribution in [0.5, 0.6) is 0 Å². The van der Waals surface area contributed by atoms with Gasteiger partial charge in [-0.05, 0) is 30.7 Å². The lowest BCUT2D eigenvalue weighted by atomic mass is 10.3. The van der Waals surface area contributed by atoms with Gasteiger partial charge in [0, 0.05) is 25.3 Å². The topological polar surface area (TPSA) is 89.9 Å². The molecule has 112 valence electrons. The van der Waals surface area contributed by atoms with Gasteiger partial charge in [0.1, 0.15) is 0 Å². The van der Waals surface area contributed by atoms with Crippen LogP contribution in [0.3, 0.4) is 0 Å². The normalized spacial score (nSPS) is 23.9. The van der Waals surface area contributed by atoms with Crippen molar-refractivity contribution in [3.8, 4) is 0 Å². The molecular formula is C13H20N2O4S. The Morgan fingerprint density at radius 1 is 1.20 bits per heavy atom. The molecule has 0 spiro atoms. The van der Waals surface area contributed by atoms with E-state index in [1.54, 1.807) is 12.1 Å². The van der Waals surface area contributed by atoms with Gasteiger partial charge >= 0.3 is 0 Å². The summed E-state index contributed by atoms with van der Waals surface area (Å²) in [6.45, 7) is 2.74. The maximum absolute atomic E-state index is 12.3. The Morgan fingerprint density at radius 3 is 2.25 bits per heavy atom. The van der Waals surface area contributed by atoms with Crippen molar-refractivity contribution in [1.82, 2.24) is 4.31 Å². The highest BCUT2D eigenvalue weighted by Crippen LogP contribution is 2.22. The van der Waals surface area contributed by atoms with E-state index >= 15 is 0 Å². The van der Waals surface area contributed by atoms with Crippen molar-refractivity contribution < 1.29 is 18.6 Å². The van der Waals surface area contributed by atoms with Gasteiger partial charge < -0.3 is 15.5 Å². The van der Waals surface area contributed by atoms with Gasteiger partial charge in [-0.25, -0.2) is 8.42 Å². The maximum Gasteiger partial charge on any atom is 0.243 e. The molecule has 0 aromatic heterocycles. The van der Waals surface area contributed by atoms with Gasteiger partial charge in [0.25, 0.3) is 0 Å². The fourth-order valence-electron chi connectivity index (χ4n) is 2.09. The molecule has 1 aromatic carbocycles. The summed E-state index contributed by atoms with van der Waals surface area (Å²) in [6, 6.07) is 6.49. The monoisotopic (exact) mass is 300 g/mol. The number of rotatable bonds is 5. The van der Waals surface area contributed by atoms with E-state index in [0.717, 1.165) is 23.0 Å². The number of anilines is 1. The fraction of sp³-hybridized carbons (Fsp3) is 0.538. The van der Waals surface area contributed by atoms with Crippen molar-refractivity contribution in [2.45, 2.75) is 30.4 Å². The SMILES string of the molecule is CCCNc1ccc(S(=O)(=O)N2CC(O)C(O)C2)cc1. The van der Waals surface area contributed by atoms with Crippen LogP contribution in [-0.2, 0) is 10.0 Å². The number of hydrogen-bond acceptors (Lipinski definition) is 5. The van der Waals surface area contributed by atoms with E-state index in [0.29, 0.717) is 0 Å². The Morgan fingerprint density at radius 2 is 1.75 bits per heavy atom. The number of benzene rings is 1. The third kappa shape index (κ3) is 3.12. The fourth-order valence-corrected chi connectivity index (χ4v) is 3.57. The molecular weight excluding hydrogens is 280 g/mol. The molecule has 2 rings (SSSR count). The van der Waals surface area contributed by atoms with Crippen LogP contribution >= 0.6 is 0 Å². The van der Waals surface area contributed by atoms with Crippen LogP contribution in [-0.4, -0.2) is 54.8 Å². The van der Waals surface area contributed by atoms with E-state index in [4.69, 9.17) is 0 Å². The van der Waals surface area contributed by atoms with Crippen LogP contribution < -0.4 is 5.32 Å². The standard InChI is InChI=1S/C13H20N2O4S/c1-2-7-14-10-3-5-11(6-4-10)20(18,19)15-8-12(16)13(17)9-15/h3-6,12-14,16-17H,2,7-9H2,1H3. The quantitative estimate of drug-likeness (QED) is 0.724. The smallest absolute Gasteiger partial charge is 0.243 e. The van der Waals surface area contributed by atoms with Gasteiger partial charge in [-0.2, -0.15) is 4.31 Å². The van der Waals surface area contributed by atoms with Gasteiger partial charge in [-0.3, -0.25) is 0 Å². The number of aliphatic hydroxyl groups is 2. The highest BCUT2D eigenvalue weighted by Gasteiger charge is 2.37. The first-order chi connectivity index (χ1) is 9.45. The van der Waals surface area contributed by atoms with Crippen LogP contribution in [0.25, 0.3) is 0 Å². The highest BCUT2D eigenvalue weighted by molar-refractivity contribution is 7.89. The van der Waals surface area contributed by atoms with Crippen molar-refractivity contribution in [3.63, 3.8) is 0 Å². The summed E-state index contributed by atoms with van der Waals surface area (Å²) in [7, 11) is -3.66. The molecule has 0 saturated carbocycles. The van der Waals surface area contributed by atoms with E-state index in [1.165, 1.54) is 12.1 Å². The van der Waals surface area contributed by atoms with E-state index < -0.39 is 22.2 Å². The van der Waals surface area contributed by atoms with E-state index in [9.17, 15) is 18.6 Å². The Bertz CT molecular complexity index is 534. The first kappa shape index (κ1) is 15.2. The Labute approximate surface area is 119 Å². The summed E-state index contributed by atoms with van der Waals surface area (Å²) in [6.07, 6.45) is -1.05. The molecule has 20 heavy (non-hydrogen) atoms. The third-order valence-electron chi connectivity index (χ3n) is 3.30. The maximum atomic E-state index is 12.3. The van der Waals surface area contributed by atoms with E-state index in [-0.39, 0.29) is 18.0 Å². The summed E-state index contributed by atoms with van der Waals surface area (Å²) in [5.74, 6) is 0. The van der Waals surface area contributed by atoms with Crippen molar-refractivity contribution in [2.75, 3.05) is 25.0 Å². The minimum atomic E-state index is -3.66. The molecule has 2 atom stereocenters. The Balaban J connectivity index is 2.14. The lowest BCUT2D eigenvalue weighted by Crippen LogP contribution is -2.29. The number of aliphatic hydroxyl groups excluding tert-OH is 2. The zero-order chi connectivity index (χ0) is 14.8. The predicted molar refractivity (Wildman–Crippen MR) is 76.0 cm³/mol. The Hall–Kier alpha value is -1.15. The molecule has 6 nitrogen and oxygen atoms in total. The summed E-state index contributed by atoms with van der Waals surface area (Å²) in [5.41, 5.74) is 0.868. The molecule has 1 aliphatic heterocycles. The van der Waals surface area contributed by atoms with Crippen LogP contribution in [0.4, 0.5) is 5.69 Å². The molecule has 0 aliphatic carbocycles. The van der Waals surface area contributed by atoms with Crippen molar-refractivity contribution in [2.24, 2.45) is 0 Å². The molecule has 0 radical (unpaired) electrons. The first-order valence-corrected chi connectivity index (χ1v) is 8.09. The number of nitrogens with zero attached hydrogens (tertiary/aromatic N) is 1. The average molecular weight is 300 g/mol. The minimum Gasteiger partial charge on any atom is -0.389 e. The largest absolute Gasteiger partial charge is 0.389 e. The molecule has 0 amide bonds. The van der Waals surface area contributed by atoms with E-state index in [2.05, 4.69) is 12.2 Å². The number of hydrogen-bond donors (Lipinski definition) is 3. The minimum absolute atomic E-state index is 0.0701. The van der Waals surface area contributed by atoms with Gasteiger partial charge in [-0.15, -0.1) is 0 Å². The predicted octanol–water partition coefficient (Wildman–Crippen LogP) is 0.235. The van der Waals surface area contributed by atoms with Crippen LogP contribution in [0.1, 0.15) is 13.3 Å². The molecule has 1 aromatic rings. The zero-order valence-corrected chi connectivity index (χ0v) is 12.2. The summed E-state index contributed by atoms with van der Waals surface area (Å²) < 4.78 is 25.8. The lowest BCUT2D eigenvalue weighted by molar-refractivity contribution is 0.0572. The van der Waals surface area contributed by atoms with Gasteiger partial charge in [-0.1, -0.05) is 6.92 Å². The number of sulfonamides is 1. The Kier molecular flexibility index (Phi) is 4.64. The first-order valence-electron chi connectivity index (χ1n) is 6.65. The van der Waals surface area contributed by atoms with Gasteiger partial charge in [0.15, 0.2) is 0 Å². The second-order valence-corrected chi connectivity index (χ2v) is 6.85. The lowest BCUT2D eigenvalue weighted by Gasteiger charge is -2.16. The van der Waals surface area contributed by atoms with Crippen LogP contribution in [0, 0.1) is 0 Å². The second kappa shape index (κ2) is 6.09. The van der Waals surface area contributed by atoms with Crippen LogP contribution in [0.2, 0.25) is 0 Å². The molecule has 0 bridgehead atoms. The van der Waals surface area contributed by atoms with Crippen molar-refractivity contribution in [3.05, 3.63) is 24.3 Å².